The molecule has 0 aromatic carbocycles. The van der Waals surface area contributed by atoms with Gasteiger partial charge in [-0.3, -0.25) is 4.98 Å². The highest BCUT2D eigenvalue weighted by Gasteiger charge is 2.43. The van der Waals surface area contributed by atoms with Crippen LogP contribution in [0.4, 0.5) is 4.79 Å². The Morgan fingerprint density at radius 3 is 2.76 bits per heavy atom. The fourth-order valence-corrected chi connectivity index (χ4v) is 3.07. The first kappa shape index (κ1) is 14.3. The molecule has 0 radical (unpaired) electrons. The number of hydrogen-bond acceptors (Lipinski definition) is 4. The van der Waals surface area contributed by atoms with Gasteiger partial charge in [-0.15, -0.1) is 0 Å². The smallest absolute Gasteiger partial charge is 0.410 e. The van der Waals surface area contributed by atoms with Crippen molar-refractivity contribution in [1.82, 2.24) is 9.88 Å². The quantitative estimate of drug-likeness (QED) is 0.737. The maximum absolute atomic E-state index is 12.1. The fraction of sp³-hybridized carbons (Fsp3) is 0.625. The third kappa shape index (κ3) is 2.75. The number of nitrogens with zero attached hydrogens (tertiary/aromatic N) is 2. The summed E-state index contributed by atoms with van der Waals surface area (Å²) >= 11 is 0. The van der Waals surface area contributed by atoms with E-state index in [2.05, 4.69) is 4.98 Å². The molecule has 1 spiro atoms. The van der Waals surface area contributed by atoms with Crippen molar-refractivity contribution in [1.29, 1.82) is 0 Å². The second-order valence-electron chi connectivity index (χ2n) is 6.78. The first-order valence-electron chi connectivity index (χ1n) is 7.45. The molecule has 3 rings (SSSR count). The topological polar surface area (TPSA) is 51.7 Å². The summed E-state index contributed by atoms with van der Waals surface area (Å²) in [6, 6.07) is 2.05. The molecule has 0 bridgehead atoms. The van der Waals surface area contributed by atoms with Crippen molar-refractivity contribution in [3.63, 3.8) is 0 Å². The van der Waals surface area contributed by atoms with Gasteiger partial charge in [0.15, 0.2) is 0 Å². The van der Waals surface area contributed by atoms with Crippen LogP contribution in [0.15, 0.2) is 18.5 Å². The molecule has 0 saturated carbocycles. The lowest BCUT2D eigenvalue weighted by Crippen LogP contribution is -2.46. The van der Waals surface area contributed by atoms with Crippen LogP contribution in [0, 0.1) is 0 Å². The predicted molar refractivity (Wildman–Crippen MR) is 77.7 cm³/mol. The number of piperidine rings is 1. The van der Waals surface area contributed by atoms with E-state index in [4.69, 9.17) is 9.47 Å². The second-order valence-corrected chi connectivity index (χ2v) is 6.78. The van der Waals surface area contributed by atoms with Gasteiger partial charge < -0.3 is 14.4 Å². The molecule has 0 aliphatic carbocycles. The first-order valence-corrected chi connectivity index (χ1v) is 7.45. The van der Waals surface area contributed by atoms with Gasteiger partial charge in [0.05, 0.1) is 12.2 Å². The Morgan fingerprint density at radius 2 is 2.10 bits per heavy atom. The average Bonchev–Trinajstić information content (AvgIpc) is 2.77. The van der Waals surface area contributed by atoms with E-state index in [0.29, 0.717) is 19.7 Å². The van der Waals surface area contributed by atoms with Gasteiger partial charge in [-0.2, -0.15) is 0 Å². The number of fused-ring (bicyclic) bond motifs is 2. The minimum atomic E-state index is -0.450. The fourth-order valence-electron chi connectivity index (χ4n) is 3.07. The van der Waals surface area contributed by atoms with Crippen molar-refractivity contribution < 1.29 is 14.3 Å². The number of pyridine rings is 1. The number of rotatable bonds is 0. The van der Waals surface area contributed by atoms with Gasteiger partial charge >= 0.3 is 6.09 Å². The molecule has 1 aromatic heterocycles. The highest BCUT2D eigenvalue weighted by molar-refractivity contribution is 5.68. The zero-order valence-corrected chi connectivity index (χ0v) is 12.9. The maximum Gasteiger partial charge on any atom is 0.410 e. The lowest BCUT2D eigenvalue weighted by molar-refractivity contribution is -0.0797. The summed E-state index contributed by atoms with van der Waals surface area (Å²) < 4.78 is 11.5. The minimum absolute atomic E-state index is 0.231. The van der Waals surface area contributed by atoms with Crippen LogP contribution in [0.1, 0.15) is 44.7 Å². The highest BCUT2D eigenvalue weighted by atomic mass is 16.6. The Morgan fingerprint density at radius 1 is 1.38 bits per heavy atom. The molecule has 114 valence electrons. The Kier molecular flexibility index (Phi) is 3.40. The number of likely N-dealkylation sites (tertiary alicyclic amines) is 1. The molecule has 1 aromatic rings. The van der Waals surface area contributed by atoms with Crippen LogP contribution >= 0.6 is 0 Å². The van der Waals surface area contributed by atoms with Gasteiger partial charge in [0.25, 0.3) is 0 Å². The van der Waals surface area contributed by atoms with E-state index in [0.717, 1.165) is 12.8 Å². The molecule has 2 aliphatic rings. The van der Waals surface area contributed by atoms with Crippen LogP contribution in [-0.2, 0) is 21.7 Å². The molecule has 5 heteroatoms. The van der Waals surface area contributed by atoms with E-state index >= 15 is 0 Å². The molecular weight excluding hydrogens is 268 g/mol. The van der Waals surface area contributed by atoms with E-state index in [9.17, 15) is 4.79 Å². The maximum atomic E-state index is 12.1. The summed E-state index contributed by atoms with van der Waals surface area (Å²) in [5, 5.41) is 0. The lowest BCUT2D eigenvalue weighted by atomic mass is 9.84. The number of carbonyl (C=O) groups excluding carboxylic acids is 1. The zero-order valence-electron chi connectivity index (χ0n) is 12.9. The number of aromatic nitrogens is 1. The van der Waals surface area contributed by atoms with E-state index in [1.807, 2.05) is 39.2 Å². The molecule has 21 heavy (non-hydrogen) atoms. The van der Waals surface area contributed by atoms with Crippen molar-refractivity contribution in [3.8, 4) is 0 Å². The Labute approximate surface area is 125 Å². The van der Waals surface area contributed by atoms with Crippen molar-refractivity contribution in [2.75, 3.05) is 13.1 Å². The van der Waals surface area contributed by atoms with Crippen molar-refractivity contribution in [2.24, 2.45) is 0 Å². The zero-order chi connectivity index (χ0) is 15.1. The average molecular weight is 290 g/mol. The van der Waals surface area contributed by atoms with Gasteiger partial charge in [0.1, 0.15) is 5.60 Å². The van der Waals surface area contributed by atoms with Crippen molar-refractivity contribution >= 4 is 6.09 Å². The number of ether oxygens (including phenoxy) is 2. The first-order chi connectivity index (χ1) is 9.90. The molecule has 2 aliphatic heterocycles. The summed E-state index contributed by atoms with van der Waals surface area (Å²) in [6.45, 7) is 7.61. The number of hydrogen-bond donors (Lipinski definition) is 0. The molecule has 0 unspecified atom stereocenters. The molecule has 3 heterocycles. The normalized spacial score (nSPS) is 20.4. The summed E-state index contributed by atoms with van der Waals surface area (Å²) in [4.78, 5) is 18.0. The molecule has 1 amide bonds. The molecular formula is C16H22N2O3. The largest absolute Gasteiger partial charge is 0.444 e. The van der Waals surface area contributed by atoms with Crippen molar-refractivity contribution in [2.45, 2.75) is 51.4 Å². The van der Waals surface area contributed by atoms with Gasteiger partial charge in [-0.1, -0.05) is 0 Å². The van der Waals surface area contributed by atoms with Crippen LogP contribution < -0.4 is 0 Å². The van der Waals surface area contributed by atoms with Crippen LogP contribution in [0.3, 0.4) is 0 Å². The Hall–Kier alpha value is -1.62. The monoisotopic (exact) mass is 290 g/mol. The predicted octanol–water partition coefficient (Wildman–Crippen LogP) is 2.84. The summed E-state index contributed by atoms with van der Waals surface area (Å²) in [5.74, 6) is 0. The van der Waals surface area contributed by atoms with Gasteiger partial charge in [0, 0.05) is 31.0 Å². The highest BCUT2D eigenvalue weighted by Crippen LogP contribution is 2.43. The molecule has 1 fully saturated rings. The molecule has 0 N–H and O–H groups in total. The van der Waals surface area contributed by atoms with Crippen LogP contribution in [0.2, 0.25) is 0 Å². The van der Waals surface area contributed by atoms with Crippen molar-refractivity contribution in [3.05, 3.63) is 29.6 Å². The van der Waals surface area contributed by atoms with E-state index in [1.165, 1.54) is 11.1 Å². The Balaban J connectivity index is 1.68. The van der Waals surface area contributed by atoms with E-state index in [1.54, 1.807) is 4.90 Å². The molecule has 5 nitrogen and oxygen atoms in total. The number of carbonyl (C=O) groups is 1. The summed E-state index contributed by atoms with van der Waals surface area (Å²) in [7, 11) is 0. The molecule has 0 atom stereocenters. The summed E-state index contributed by atoms with van der Waals surface area (Å²) in [6.07, 6.45) is 5.08. The van der Waals surface area contributed by atoms with Crippen LogP contribution in [0.25, 0.3) is 0 Å². The van der Waals surface area contributed by atoms with Gasteiger partial charge in [-0.25, -0.2) is 4.79 Å². The number of amides is 1. The van der Waals surface area contributed by atoms with Crippen LogP contribution in [-0.4, -0.2) is 34.7 Å². The second kappa shape index (κ2) is 4.98. The standard InChI is InChI=1S/C16H22N2O3/c1-15(2,3)21-14(19)18-8-5-16(6-9-18)13-4-7-17-10-12(13)11-20-16/h4,7,10H,5-6,8-9,11H2,1-3H3. The third-order valence-corrected chi connectivity index (χ3v) is 4.12. The Bertz CT molecular complexity index is 543. The SMILES string of the molecule is CC(C)(C)OC(=O)N1CCC2(CC1)OCc1cnccc12. The third-order valence-electron chi connectivity index (χ3n) is 4.12. The van der Waals surface area contributed by atoms with Gasteiger partial charge in [0.2, 0.25) is 0 Å². The molecule has 1 saturated heterocycles. The van der Waals surface area contributed by atoms with E-state index < -0.39 is 5.60 Å². The van der Waals surface area contributed by atoms with Gasteiger partial charge in [-0.05, 0) is 45.2 Å². The lowest BCUT2D eigenvalue weighted by Gasteiger charge is -2.39. The van der Waals surface area contributed by atoms with E-state index in [-0.39, 0.29) is 11.7 Å². The van der Waals surface area contributed by atoms with Crippen LogP contribution in [0.5, 0.6) is 0 Å². The minimum Gasteiger partial charge on any atom is -0.444 e. The summed E-state index contributed by atoms with van der Waals surface area (Å²) in [5.41, 5.74) is 1.72.